The van der Waals surface area contributed by atoms with Gasteiger partial charge in [-0.1, -0.05) is 103 Å². The highest BCUT2D eigenvalue weighted by molar-refractivity contribution is 5.85. The fourth-order valence-corrected chi connectivity index (χ4v) is 5.13. The van der Waals surface area contributed by atoms with Crippen molar-refractivity contribution in [2.75, 3.05) is 4.90 Å². The smallest absolute Gasteiger partial charge is 0.0461 e. The Kier molecular flexibility index (Phi) is 7.56. The van der Waals surface area contributed by atoms with E-state index in [0.717, 1.165) is 35.5 Å². The van der Waals surface area contributed by atoms with Crippen LogP contribution in [0.25, 0.3) is 5.57 Å². The SMILES string of the molecule is C=C(C=C1c2ccccc2CCc2ccccc21)/C=C\C(=C/C)N(c1ccc(C)cc1)c1ccc(C)cc1. The Morgan fingerprint density at radius 2 is 1.13 bits per heavy atom. The maximum atomic E-state index is 4.45. The number of anilines is 2. The molecule has 0 spiro atoms. The average molecular weight is 494 g/mol. The van der Waals surface area contributed by atoms with Crippen molar-refractivity contribution in [2.45, 2.75) is 33.6 Å². The molecule has 38 heavy (non-hydrogen) atoms. The molecule has 1 aliphatic carbocycles. The maximum Gasteiger partial charge on any atom is 0.0461 e. The predicted octanol–water partition coefficient (Wildman–Crippen LogP) is 9.69. The highest BCUT2D eigenvalue weighted by Gasteiger charge is 2.17. The fourth-order valence-electron chi connectivity index (χ4n) is 5.13. The van der Waals surface area contributed by atoms with E-state index in [2.05, 4.69) is 154 Å². The number of rotatable bonds is 6. The zero-order valence-corrected chi connectivity index (χ0v) is 22.6. The van der Waals surface area contributed by atoms with E-state index in [9.17, 15) is 0 Å². The Balaban J connectivity index is 1.52. The van der Waals surface area contributed by atoms with E-state index >= 15 is 0 Å². The van der Waals surface area contributed by atoms with Crippen molar-refractivity contribution in [3.05, 3.63) is 173 Å². The van der Waals surface area contributed by atoms with Crippen LogP contribution in [0, 0.1) is 13.8 Å². The predicted molar refractivity (Wildman–Crippen MR) is 164 cm³/mol. The summed E-state index contributed by atoms with van der Waals surface area (Å²) in [7, 11) is 0. The first kappa shape index (κ1) is 25.3. The largest absolute Gasteiger partial charge is 0.311 e. The summed E-state index contributed by atoms with van der Waals surface area (Å²) in [4.78, 5) is 2.30. The monoisotopic (exact) mass is 493 g/mol. The Bertz CT molecular complexity index is 1430. The van der Waals surface area contributed by atoms with Gasteiger partial charge in [-0.25, -0.2) is 0 Å². The standard InChI is InChI=1S/C37H35N/c1-5-32(38(33-22-14-27(2)15-23-33)34-24-16-28(3)17-25-34)21-18-29(4)26-37-35-12-8-6-10-30(35)19-20-31-11-7-9-13-36(31)37/h5-18,21-26H,4,19-20H2,1-3H3/b21-18-,32-5+. The molecule has 0 saturated carbocycles. The Hall–Kier alpha value is -4.36. The molecule has 0 unspecified atom stereocenters. The molecular formula is C37H35N. The first-order valence-electron chi connectivity index (χ1n) is 13.4. The molecule has 0 heterocycles. The van der Waals surface area contributed by atoms with Gasteiger partial charge in [0.05, 0.1) is 0 Å². The Morgan fingerprint density at radius 3 is 1.61 bits per heavy atom. The number of aryl methyl sites for hydroxylation is 4. The number of hydrogen-bond donors (Lipinski definition) is 0. The maximum absolute atomic E-state index is 4.45. The zero-order valence-electron chi connectivity index (χ0n) is 22.6. The van der Waals surface area contributed by atoms with Crippen molar-refractivity contribution in [1.82, 2.24) is 0 Å². The summed E-state index contributed by atoms with van der Waals surface area (Å²) in [5.41, 5.74) is 13.5. The minimum absolute atomic E-state index is 0.971. The molecule has 1 heteroatoms. The average Bonchev–Trinajstić information content (AvgIpc) is 3.10. The van der Waals surface area contributed by atoms with Crippen molar-refractivity contribution < 1.29 is 0 Å². The number of benzene rings is 4. The molecule has 0 radical (unpaired) electrons. The van der Waals surface area contributed by atoms with Gasteiger partial charge in [-0.3, -0.25) is 0 Å². The van der Waals surface area contributed by atoms with Crippen LogP contribution in [0.1, 0.15) is 40.3 Å². The topological polar surface area (TPSA) is 3.24 Å². The molecule has 0 N–H and O–H groups in total. The van der Waals surface area contributed by atoms with Crippen LogP contribution in [0.15, 0.2) is 139 Å². The third-order valence-corrected chi connectivity index (χ3v) is 7.21. The normalized spacial score (nSPS) is 13.0. The van der Waals surface area contributed by atoms with Crippen LogP contribution in [-0.2, 0) is 12.8 Å². The molecule has 0 aliphatic heterocycles. The second-order valence-corrected chi connectivity index (χ2v) is 10.0. The van der Waals surface area contributed by atoms with Crippen LogP contribution < -0.4 is 4.90 Å². The molecule has 1 aliphatic rings. The van der Waals surface area contributed by atoms with Gasteiger partial charge in [0.25, 0.3) is 0 Å². The minimum atomic E-state index is 0.971. The van der Waals surface area contributed by atoms with Crippen molar-refractivity contribution in [3.8, 4) is 0 Å². The molecule has 0 amide bonds. The Labute approximate surface area is 227 Å². The van der Waals surface area contributed by atoms with Gasteiger partial charge in [-0.05, 0) is 103 Å². The minimum Gasteiger partial charge on any atom is -0.311 e. The van der Waals surface area contributed by atoms with E-state index < -0.39 is 0 Å². The van der Waals surface area contributed by atoms with Crippen LogP contribution in [-0.4, -0.2) is 0 Å². The van der Waals surface area contributed by atoms with Crippen LogP contribution in [0.2, 0.25) is 0 Å². The van der Waals surface area contributed by atoms with E-state index in [0.29, 0.717) is 0 Å². The molecule has 0 atom stereocenters. The quantitative estimate of drug-likeness (QED) is 0.242. The van der Waals surface area contributed by atoms with E-state index in [1.165, 1.54) is 39.0 Å². The molecule has 0 bridgehead atoms. The second kappa shape index (κ2) is 11.4. The van der Waals surface area contributed by atoms with Gasteiger partial charge < -0.3 is 4.90 Å². The van der Waals surface area contributed by atoms with E-state index in [-0.39, 0.29) is 0 Å². The van der Waals surface area contributed by atoms with Crippen molar-refractivity contribution >= 4 is 16.9 Å². The van der Waals surface area contributed by atoms with Gasteiger partial charge in [0, 0.05) is 17.1 Å². The lowest BCUT2D eigenvalue weighted by Crippen LogP contribution is -2.15. The molecule has 0 fully saturated rings. The first-order chi connectivity index (χ1) is 18.5. The first-order valence-corrected chi connectivity index (χ1v) is 13.4. The van der Waals surface area contributed by atoms with Gasteiger partial charge >= 0.3 is 0 Å². The summed E-state index contributed by atoms with van der Waals surface area (Å²) in [6, 6.07) is 35.0. The lowest BCUT2D eigenvalue weighted by atomic mass is 9.92. The lowest BCUT2D eigenvalue weighted by molar-refractivity contribution is 0.965. The molecule has 0 aromatic heterocycles. The van der Waals surface area contributed by atoms with Gasteiger partial charge in [0.15, 0.2) is 0 Å². The van der Waals surface area contributed by atoms with Gasteiger partial charge in [0.1, 0.15) is 0 Å². The molecule has 4 aromatic carbocycles. The summed E-state index contributed by atoms with van der Waals surface area (Å²) in [6.45, 7) is 10.8. The third-order valence-electron chi connectivity index (χ3n) is 7.21. The summed E-state index contributed by atoms with van der Waals surface area (Å²) in [5.74, 6) is 0. The van der Waals surface area contributed by atoms with Crippen molar-refractivity contribution in [1.29, 1.82) is 0 Å². The molecular weight excluding hydrogens is 458 g/mol. The van der Waals surface area contributed by atoms with Crippen molar-refractivity contribution in [3.63, 3.8) is 0 Å². The lowest BCUT2D eigenvalue weighted by Gasteiger charge is -2.26. The molecule has 0 saturated heterocycles. The summed E-state index contributed by atoms with van der Waals surface area (Å²) >= 11 is 0. The number of fused-ring (bicyclic) bond motifs is 2. The van der Waals surface area contributed by atoms with E-state index in [1.54, 1.807) is 0 Å². The molecule has 5 rings (SSSR count). The second-order valence-electron chi connectivity index (χ2n) is 10.0. The van der Waals surface area contributed by atoms with Gasteiger partial charge in [0.2, 0.25) is 0 Å². The summed E-state index contributed by atoms with van der Waals surface area (Å²) < 4.78 is 0. The Morgan fingerprint density at radius 1 is 0.658 bits per heavy atom. The zero-order chi connectivity index (χ0) is 26.5. The van der Waals surface area contributed by atoms with Crippen LogP contribution in [0.5, 0.6) is 0 Å². The van der Waals surface area contributed by atoms with Gasteiger partial charge in [-0.15, -0.1) is 0 Å². The molecule has 188 valence electrons. The third kappa shape index (κ3) is 5.48. The number of nitrogens with zero attached hydrogens (tertiary/aromatic N) is 1. The van der Waals surface area contributed by atoms with E-state index in [4.69, 9.17) is 0 Å². The molecule has 1 nitrogen and oxygen atoms in total. The van der Waals surface area contributed by atoms with Crippen LogP contribution in [0.4, 0.5) is 11.4 Å². The molecule has 4 aromatic rings. The number of allylic oxidation sites excluding steroid dienone is 5. The van der Waals surface area contributed by atoms with Crippen LogP contribution >= 0.6 is 0 Å². The summed E-state index contributed by atoms with van der Waals surface area (Å²) in [5, 5.41) is 0. The van der Waals surface area contributed by atoms with Gasteiger partial charge in [-0.2, -0.15) is 0 Å². The van der Waals surface area contributed by atoms with E-state index in [1.807, 2.05) is 0 Å². The number of hydrogen-bond acceptors (Lipinski definition) is 1. The fraction of sp³-hybridized carbons (Fsp3) is 0.135. The summed E-state index contributed by atoms with van der Waals surface area (Å²) in [6.07, 6.45) is 10.8. The highest BCUT2D eigenvalue weighted by Crippen LogP contribution is 2.35. The van der Waals surface area contributed by atoms with Crippen molar-refractivity contribution in [2.24, 2.45) is 0 Å². The highest BCUT2D eigenvalue weighted by atomic mass is 15.1. The van der Waals surface area contributed by atoms with Crippen LogP contribution in [0.3, 0.4) is 0 Å².